The van der Waals surface area contributed by atoms with E-state index in [1.807, 2.05) is 0 Å². The molecule has 0 aliphatic rings. The summed E-state index contributed by atoms with van der Waals surface area (Å²) in [5.74, 6) is -5.02. The van der Waals surface area contributed by atoms with Crippen molar-refractivity contribution in [3.05, 3.63) is 0 Å². The molecular formula is C12H29N2O17P. The first kappa shape index (κ1) is 37.5. The Morgan fingerprint density at radius 2 is 1.00 bits per heavy atom. The monoisotopic (exact) mass is 504 g/mol. The van der Waals surface area contributed by atoms with Crippen molar-refractivity contribution in [3.63, 3.8) is 0 Å². The number of phosphoric acid groups is 1. The maximum absolute atomic E-state index is 10.3. The van der Waals surface area contributed by atoms with Crippen LogP contribution in [0.2, 0.25) is 0 Å². The van der Waals surface area contributed by atoms with E-state index < -0.39 is 44.2 Å². The lowest BCUT2D eigenvalue weighted by atomic mass is 9.96. The second-order valence-corrected chi connectivity index (χ2v) is 5.91. The molecule has 0 radical (unpaired) electrons. The first-order valence-corrected chi connectivity index (χ1v) is 9.38. The molecule has 0 fully saturated rings. The van der Waals surface area contributed by atoms with Crippen molar-refractivity contribution in [1.82, 2.24) is 11.5 Å². The number of carboxylic acids is 3. The van der Waals surface area contributed by atoms with Crippen molar-refractivity contribution in [2.45, 2.75) is 18.4 Å². The fourth-order valence-corrected chi connectivity index (χ4v) is 1.17. The van der Waals surface area contributed by atoms with E-state index in [1.54, 1.807) is 0 Å². The molecule has 0 bridgehead atoms. The van der Waals surface area contributed by atoms with E-state index in [2.05, 4.69) is 0 Å². The van der Waals surface area contributed by atoms with Gasteiger partial charge in [-0.3, -0.25) is 9.59 Å². The number of aliphatic hydroxyl groups is 4. The number of nitrogens with zero attached hydrogens (tertiary/aromatic N) is 1. The third kappa shape index (κ3) is 30.4. The van der Waals surface area contributed by atoms with Crippen LogP contribution in [0.5, 0.6) is 0 Å². The molecule has 0 aromatic heterocycles. The highest BCUT2D eigenvalue weighted by Gasteiger charge is 2.40. The Morgan fingerprint density at radius 1 is 0.750 bits per heavy atom. The van der Waals surface area contributed by atoms with Gasteiger partial charge >= 0.3 is 25.7 Å². The summed E-state index contributed by atoms with van der Waals surface area (Å²) < 4.78 is 8.88. The van der Waals surface area contributed by atoms with Crippen molar-refractivity contribution >= 4 is 25.7 Å². The molecular weight excluding hydrogens is 475 g/mol. The number of aliphatic carboxylic acids is 3. The van der Waals surface area contributed by atoms with Gasteiger partial charge in [-0.05, 0) is 0 Å². The predicted molar refractivity (Wildman–Crippen MR) is 97.3 cm³/mol. The fraction of sp³-hybridized carbons (Fsp3) is 0.750. The summed E-state index contributed by atoms with van der Waals surface area (Å²) in [7, 11) is -4.64. The Kier molecular flexibility index (Phi) is 24.6. The van der Waals surface area contributed by atoms with E-state index in [1.165, 1.54) is 0 Å². The van der Waals surface area contributed by atoms with Gasteiger partial charge in [0.2, 0.25) is 0 Å². The van der Waals surface area contributed by atoms with Crippen molar-refractivity contribution in [2.24, 2.45) is 0 Å². The zero-order valence-corrected chi connectivity index (χ0v) is 17.5. The standard InChI is InChI=1S/C6H15NO6.C6H8O7.H3N.H3O4P/c8-1-4-11-7(12-5-2-9)13-6-3-10;7-3(8)1-6(13,5(11)12)2-4(9)10;;1-5(2,3)4/h8-10H,1-6H2;13H,1-2H2,(H,7,8)(H,9,10)(H,11,12);1H3;(H3,1,2,3,4). The summed E-state index contributed by atoms with van der Waals surface area (Å²) in [4.78, 5) is 66.2. The predicted octanol–water partition coefficient (Wildman–Crippen LogP) is -3.95. The Balaban J connectivity index is -0.000000198. The van der Waals surface area contributed by atoms with E-state index in [-0.39, 0.29) is 45.8 Å². The van der Waals surface area contributed by atoms with Crippen molar-refractivity contribution in [2.75, 3.05) is 39.6 Å². The topological polar surface area (TPSA) is 337 Å². The van der Waals surface area contributed by atoms with Crippen LogP contribution in [0.3, 0.4) is 0 Å². The van der Waals surface area contributed by atoms with E-state index in [0.717, 1.165) is 0 Å². The molecule has 0 saturated heterocycles. The lowest BCUT2D eigenvalue weighted by Gasteiger charge is -2.18. The molecule has 0 saturated carbocycles. The Labute approximate surface area is 180 Å². The third-order valence-corrected chi connectivity index (χ3v) is 2.15. The van der Waals surface area contributed by atoms with Gasteiger partial charge in [0.15, 0.2) is 5.60 Å². The highest BCUT2D eigenvalue weighted by molar-refractivity contribution is 7.45. The van der Waals surface area contributed by atoms with Crippen molar-refractivity contribution in [1.29, 1.82) is 0 Å². The molecule has 194 valence electrons. The lowest BCUT2D eigenvalue weighted by Crippen LogP contribution is -2.42. The number of carbonyl (C=O) groups is 3. The number of carboxylic acid groups (broad SMARTS) is 3. The number of aliphatic hydroxyl groups excluding tert-OH is 3. The minimum atomic E-state index is -4.64. The maximum Gasteiger partial charge on any atom is 0.466 e. The van der Waals surface area contributed by atoms with Gasteiger partial charge in [0.1, 0.15) is 0 Å². The van der Waals surface area contributed by atoms with E-state index in [9.17, 15) is 14.4 Å². The second-order valence-electron chi connectivity index (χ2n) is 4.89. The summed E-state index contributed by atoms with van der Waals surface area (Å²) >= 11 is 0. The van der Waals surface area contributed by atoms with Gasteiger partial charge in [-0.25, -0.2) is 23.9 Å². The van der Waals surface area contributed by atoms with Crippen LogP contribution in [0.25, 0.3) is 0 Å². The molecule has 0 aliphatic carbocycles. The second kappa shape index (κ2) is 21.0. The molecule has 0 unspecified atom stereocenters. The summed E-state index contributed by atoms with van der Waals surface area (Å²) in [5, 5.41) is 59.7. The number of hydrogen-bond donors (Lipinski definition) is 11. The van der Waals surface area contributed by atoms with Gasteiger partial charge < -0.3 is 56.6 Å². The summed E-state index contributed by atoms with van der Waals surface area (Å²) in [6, 6.07) is 0. The average Bonchev–Trinajstić information content (AvgIpc) is 2.58. The molecule has 32 heavy (non-hydrogen) atoms. The van der Waals surface area contributed by atoms with Crippen molar-refractivity contribution < 1.29 is 83.9 Å². The highest BCUT2D eigenvalue weighted by atomic mass is 31.2. The fourth-order valence-electron chi connectivity index (χ4n) is 1.17. The largest absolute Gasteiger partial charge is 0.481 e. The normalized spacial score (nSPS) is 10.8. The van der Waals surface area contributed by atoms with Gasteiger partial charge in [-0.1, -0.05) is 0 Å². The maximum atomic E-state index is 10.3. The van der Waals surface area contributed by atoms with Crippen LogP contribution in [0.15, 0.2) is 0 Å². The van der Waals surface area contributed by atoms with Crippen LogP contribution in [0.4, 0.5) is 0 Å². The van der Waals surface area contributed by atoms with Crippen LogP contribution in [-0.2, 0) is 33.5 Å². The average molecular weight is 504 g/mol. The Bertz CT molecular complexity index is 512. The SMILES string of the molecule is N.O=C(O)CC(O)(CC(=O)O)C(=O)O.O=P(O)(O)O.OCCON(OCCO)OCCO. The molecule has 0 heterocycles. The number of rotatable bonds is 14. The van der Waals surface area contributed by atoms with Gasteiger partial charge in [-0.2, -0.15) is 0 Å². The summed E-state index contributed by atoms with van der Waals surface area (Å²) in [6.45, 7) is -0.505. The Hall–Kier alpha value is -1.84. The van der Waals surface area contributed by atoms with Crippen LogP contribution in [-0.4, -0.2) is 119 Å². The van der Waals surface area contributed by atoms with Gasteiger partial charge in [-0.15, -0.1) is 0 Å². The van der Waals surface area contributed by atoms with Gasteiger partial charge in [0, 0.05) is 0 Å². The zero-order valence-electron chi connectivity index (χ0n) is 16.6. The molecule has 0 spiro atoms. The first-order valence-electron chi connectivity index (χ1n) is 7.82. The Morgan fingerprint density at radius 3 is 1.16 bits per heavy atom. The van der Waals surface area contributed by atoms with E-state index in [4.69, 9.17) is 69.5 Å². The summed E-state index contributed by atoms with van der Waals surface area (Å²) in [5.41, 5.74) is -2.74. The molecule has 19 nitrogen and oxygen atoms in total. The van der Waals surface area contributed by atoms with Crippen LogP contribution in [0, 0.1) is 0 Å². The zero-order chi connectivity index (χ0) is 25.1. The molecule has 13 N–H and O–H groups in total. The van der Waals surface area contributed by atoms with E-state index in [0.29, 0.717) is 5.39 Å². The van der Waals surface area contributed by atoms with Crippen LogP contribution >= 0.6 is 7.82 Å². The van der Waals surface area contributed by atoms with E-state index >= 15 is 0 Å². The summed E-state index contributed by atoms with van der Waals surface area (Å²) in [6.07, 6.45) is -2.29. The minimum absolute atomic E-state index is 0. The smallest absolute Gasteiger partial charge is 0.466 e. The molecule has 0 aliphatic heterocycles. The van der Waals surface area contributed by atoms with Gasteiger partial charge in [0.25, 0.3) is 0 Å². The minimum Gasteiger partial charge on any atom is -0.481 e. The third-order valence-electron chi connectivity index (χ3n) is 2.15. The van der Waals surface area contributed by atoms with Crippen molar-refractivity contribution in [3.8, 4) is 0 Å². The highest BCUT2D eigenvalue weighted by Crippen LogP contribution is 2.25. The number of hydrogen-bond acceptors (Lipinski definition) is 13. The molecule has 0 aromatic rings. The van der Waals surface area contributed by atoms with Gasteiger partial charge in [0.05, 0.1) is 57.9 Å². The molecule has 20 heteroatoms. The quantitative estimate of drug-likeness (QED) is 0.0793. The van der Waals surface area contributed by atoms with Crippen LogP contribution in [0.1, 0.15) is 12.8 Å². The molecule has 0 atom stereocenters. The molecule has 0 aromatic carbocycles. The molecule has 0 amide bonds. The lowest BCUT2D eigenvalue weighted by molar-refractivity contribution is -0.527. The van der Waals surface area contributed by atoms with Crippen LogP contribution < -0.4 is 6.15 Å². The molecule has 0 rings (SSSR count). The first-order chi connectivity index (χ1) is 14.1.